The van der Waals surface area contributed by atoms with Crippen molar-refractivity contribution >= 4 is 23.1 Å². The van der Waals surface area contributed by atoms with Gasteiger partial charge in [-0.2, -0.15) is 0 Å². The number of rotatable bonds is 6. The Morgan fingerprint density at radius 1 is 1.20 bits per heavy atom. The summed E-state index contributed by atoms with van der Waals surface area (Å²) < 4.78 is 0. The Kier molecular flexibility index (Phi) is 5.05. The first kappa shape index (κ1) is 15.7. The Morgan fingerprint density at radius 2 is 1.70 bits per heavy atom. The van der Waals surface area contributed by atoms with Gasteiger partial charge in [0.05, 0.1) is 10.4 Å². The summed E-state index contributed by atoms with van der Waals surface area (Å²) in [5.74, 6) is 1.67. The molecule has 2 rings (SSSR count). The normalized spacial score (nSPS) is 25.8. The summed E-state index contributed by atoms with van der Waals surface area (Å²) in [5, 5.41) is 0. The SMILES string of the molecule is CCCC(CCC)(C(=O)N1CC2CCCC2C1)C(N)=S. The molecule has 2 N–H and O–H groups in total. The average Bonchev–Trinajstić information content (AvgIpc) is 2.97. The van der Waals surface area contributed by atoms with Crippen molar-refractivity contribution in [3.63, 3.8) is 0 Å². The molecule has 0 aromatic carbocycles. The Hall–Kier alpha value is -0.640. The van der Waals surface area contributed by atoms with Crippen molar-refractivity contribution in [2.24, 2.45) is 23.0 Å². The third-order valence-electron chi connectivity index (χ3n) is 5.25. The quantitative estimate of drug-likeness (QED) is 0.766. The van der Waals surface area contributed by atoms with Crippen LogP contribution in [0.4, 0.5) is 0 Å². The average molecular weight is 296 g/mol. The lowest BCUT2D eigenvalue weighted by Crippen LogP contribution is -2.50. The summed E-state index contributed by atoms with van der Waals surface area (Å²) in [7, 11) is 0. The minimum absolute atomic E-state index is 0.211. The van der Waals surface area contributed by atoms with Crippen LogP contribution in [0.2, 0.25) is 0 Å². The molecule has 1 heterocycles. The van der Waals surface area contributed by atoms with Gasteiger partial charge in [-0.15, -0.1) is 0 Å². The number of hydrogen-bond acceptors (Lipinski definition) is 2. The second kappa shape index (κ2) is 6.42. The fourth-order valence-corrected chi connectivity index (χ4v) is 4.54. The fourth-order valence-electron chi connectivity index (χ4n) is 4.25. The Labute approximate surface area is 128 Å². The van der Waals surface area contributed by atoms with Gasteiger partial charge in [-0.05, 0) is 37.5 Å². The van der Waals surface area contributed by atoms with Crippen LogP contribution in [-0.2, 0) is 4.79 Å². The molecule has 2 atom stereocenters. The van der Waals surface area contributed by atoms with Gasteiger partial charge in [0, 0.05) is 13.1 Å². The van der Waals surface area contributed by atoms with Crippen LogP contribution in [0, 0.1) is 17.3 Å². The number of carbonyl (C=O) groups excluding carboxylic acids is 1. The molecular weight excluding hydrogens is 268 g/mol. The van der Waals surface area contributed by atoms with Crippen LogP contribution in [0.5, 0.6) is 0 Å². The van der Waals surface area contributed by atoms with E-state index in [9.17, 15) is 4.79 Å². The lowest BCUT2D eigenvalue weighted by molar-refractivity contribution is -0.138. The summed E-state index contributed by atoms with van der Waals surface area (Å²) in [6.45, 7) is 6.08. The molecule has 0 aromatic heterocycles. The van der Waals surface area contributed by atoms with Crippen molar-refractivity contribution in [1.29, 1.82) is 0 Å². The van der Waals surface area contributed by atoms with Crippen molar-refractivity contribution in [3.05, 3.63) is 0 Å². The second-order valence-electron chi connectivity index (χ2n) is 6.61. The predicted molar refractivity (Wildman–Crippen MR) is 86.4 cm³/mol. The number of fused-ring (bicyclic) bond motifs is 1. The zero-order valence-corrected chi connectivity index (χ0v) is 13.7. The summed E-state index contributed by atoms with van der Waals surface area (Å²) in [6, 6.07) is 0. The van der Waals surface area contributed by atoms with E-state index in [4.69, 9.17) is 18.0 Å². The van der Waals surface area contributed by atoms with Gasteiger partial charge < -0.3 is 10.6 Å². The van der Waals surface area contributed by atoms with E-state index < -0.39 is 5.41 Å². The zero-order chi connectivity index (χ0) is 14.8. The molecule has 1 saturated heterocycles. The maximum Gasteiger partial charge on any atom is 0.235 e. The Bertz CT molecular complexity index is 365. The van der Waals surface area contributed by atoms with Crippen LogP contribution in [0.3, 0.4) is 0 Å². The van der Waals surface area contributed by atoms with Gasteiger partial charge in [-0.1, -0.05) is 45.3 Å². The van der Waals surface area contributed by atoms with Gasteiger partial charge in [0.15, 0.2) is 0 Å². The molecule has 0 aromatic rings. The molecule has 114 valence electrons. The molecule has 1 aliphatic heterocycles. The van der Waals surface area contributed by atoms with E-state index in [2.05, 4.69) is 18.7 Å². The molecule has 1 amide bonds. The van der Waals surface area contributed by atoms with E-state index in [0.717, 1.165) is 50.6 Å². The molecule has 1 saturated carbocycles. The van der Waals surface area contributed by atoms with Crippen molar-refractivity contribution in [2.45, 2.75) is 58.8 Å². The van der Waals surface area contributed by atoms with E-state index >= 15 is 0 Å². The van der Waals surface area contributed by atoms with Crippen LogP contribution >= 0.6 is 12.2 Å². The van der Waals surface area contributed by atoms with Gasteiger partial charge in [0.25, 0.3) is 0 Å². The van der Waals surface area contributed by atoms with Crippen molar-refractivity contribution in [2.75, 3.05) is 13.1 Å². The molecule has 20 heavy (non-hydrogen) atoms. The van der Waals surface area contributed by atoms with Gasteiger partial charge in [0.2, 0.25) is 5.91 Å². The number of thiocarbonyl (C=S) groups is 1. The molecule has 4 heteroatoms. The first-order valence-electron chi connectivity index (χ1n) is 8.14. The van der Waals surface area contributed by atoms with Crippen LogP contribution in [0.15, 0.2) is 0 Å². The van der Waals surface area contributed by atoms with Gasteiger partial charge in [0.1, 0.15) is 0 Å². The highest BCUT2D eigenvalue weighted by Gasteiger charge is 2.46. The van der Waals surface area contributed by atoms with E-state index in [1.807, 2.05) is 0 Å². The summed E-state index contributed by atoms with van der Waals surface area (Å²) in [5.41, 5.74) is 5.43. The third kappa shape index (κ3) is 2.72. The first-order valence-corrected chi connectivity index (χ1v) is 8.55. The minimum atomic E-state index is -0.586. The molecular formula is C16H28N2OS. The monoisotopic (exact) mass is 296 g/mol. The van der Waals surface area contributed by atoms with Crippen molar-refractivity contribution < 1.29 is 4.79 Å². The van der Waals surface area contributed by atoms with Gasteiger partial charge in [-0.3, -0.25) is 4.79 Å². The number of carbonyl (C=O) groups is 1. The second-order valence-corrected chi connectivity index (χ2v) is 7.05. The van der Waals surface area contributed by atoms with E-state index in [1.165, 1.54) is 19.3 Å². The molecule has 2 aliphatic rings. The topological polar surface area (TPSA) is 46.3 Å². The van der Waals surface area contributed by atoms with Gasteiger partial charge >= 0.3 is 0 Å². The summed E-state index contributed by atoms with van der Waals surface area (Å²) in [4.78, 5) is 15.6. The van der Waals surface area contributed by atoms with E-state index in [0.29, 0.717) is 4.99 Å². The van der Waals surface area contributed by atoms with Crippen LogP contribution in [0.1, 0.15) is 58.8 Å². The smallest absolute Gasteiger partial charge is 0.235 e. The van der Waals surface area contributed by atoms with Crippen molar-refractivity contribution in [3.8, 4) is 0 Å². The highest BCUT2D eigenvalue weighted by Crippen LogP contribution is 2.41. The molecule has 0 radical (unpaired) electrons. The number of nitrogens with zero attached hydrogens (tertiary/aromatic N) is 1. The molecule has 2 fully saturated rings. The standard InChI is InChI=1S/C16H28N2OS/c1-3-8-16(9-4-2,14(17)20)15(19)18-10-12-6-5-7-13(12)11-18/h12-13H,3-11H2,1-2H3,(H2,17,20). The molecule has 1 aliphatic carbocycles. The molecule has 3 nitrogen and oxygen atoms in total. The number of nitrogens with two attached hydrogens (primary N) is 1. The largest absolute Gasteiger partial charge is 0.392 e. The Balaban J connectivity index is 2.16. The summed E-state index contributed by atoms with van der Waals surface area (Å²) >= 11 is 5.30. The maximum absolute atomic E-state index is 13.1. The van der Waals surface area contributed by atoms with Crippen molar-refractivity contribution in [1.82, 2.24) is 4.90 Å². The highest BCUT2D eigenvalue weighted by molar-refractivity contribution is 7.80. The first-order chi connectivity index (χ1) is 9.55. The lowest BCUT2D eigenvalue weighted by Gasteiger charge is -2.35. The van der Waals surface area contributed by atoms with Crippen LogP contribution in [0.25, 0.3) is 0 Å². The number of hydrogen-bond donors (Lipinski definition) is 1. The Morgan fingerprint density at radius 3 is 2.10 bits per heavy atom. The van der Waals surface area contributed by atoms with E-state index in [1.54, 1.807) is 0 Å². The molecule has 0 bridgehead atoms. The predicted octanol–water partition coefficient (Wildman–Crippen LogP) is 3.12. The number of likely N-dealkylation sites (tertiary alicyclic amines) is 1. The van der Waals surface area contributed by atoms with Gasteiger partial charge in [-0.25, -0.2) is 0 Å². The molecule has 2 unspecified atom stereocenters. The van der Waals surface area contributed by atoms with Crippen LogP contribution in [-0.4, -0.2) is 28.9 Å². The van der Waals surface area contributed by atoms with Crippen LogP contribution < -0.4 is 5.73 Å². The highest BCUT2D eigenvalue weighted by atomic mass is 32.1. The molecule has 0 spiro atoms. The lowest BCUT2D eigenvalue weighted by atomic mass is 9.77. The summed E-state index contributed by atoms with van der Waals surface area (Å²) in [6.07, 6.45) is 7.39. The fraction of sp³-hybridized carbons (Fsp3) is 0.875. The maximum atomic E-state index is 13.1. The zero-order valence-electron chi connectivity index (χ0n) is 12.9. The third-order valence-corrected chi connectivity index (χ3v) is 5.64. The number of amides is 1. The minimum Gasteiger partial charge on any atom is -0.392 e. The van der Waals surface area contributed by atoms with E-state index in [-0.39, 0.29) is 5.91 Å².